The quantitative estimate of drug-likeness (QED) is 0.440. The molecule has 3 N–H and O–H groups in total. The highest BCUT2D eigenvalue weighted by atomic mass is 16.5. The maximum absolute atomic E-state index is 12.7. The summed E-state index contributed by atoms with van der Waals surface area (Å²) in [6, 6.07) is 12.9. The van der Waals surface area contributed by atoms with Crippen molar-refractivity contribution < 1.29 is 29.0 Å². The smallest absolute Gasteiger partial charge is 0.324 e. The van der Waals surface area contributed by atoms with E-state index in [-0.39, 0.29) is 19.6 Å². The summed E-state index contributed by atoms with van der Waals surface area (Å²) >= 11 is 0. The number of rotatable bonds is 11. The number of urea groups is 1. The van der Waals surface area contributed by atoms with Crippen molar-refractivity contribution in [3.63, 3.8) is 0 Å². The van der Waals surface area contributed by atoms with E-state index in [4.69, 9.17) is 9.47 Å². The van der Waals surface area contributed by atoms with Crippen LogP contribution in [-0.4, -0.2) is 67.3 Å². The Bertz CT molecular complexity index is 981. The molecule has 2 aromatic carbocycles. The maximum atomic E-state index is 12.7. The van der Waals surface area contributed by atoms with Crippen LogP contribution in [-0.2, 0) is 22.4 Å². The summed E-state index contributed by atoms with van der Waals surface area (Å²) in [4.78, 5) is 38.6. The van der Waals surface area contributed by atoms with Crippen LogP contribution in [0.5, 0.6) is 11.5 Å². The molecule has 2 atom stereocenters. The number of aliphatic hydroxyl groups excluding tert-OH is 1. The summed E-state index contributed by atoms with van der Waals surface area (Å²) in [7, 11) is 3.08. The number of hydrogen-bond donors (Lipinski definition) is 3. The third-order valence-corrected chi connectivity index (χ3v) is 5.48. The highest BCUT2D eigenvalue weighted by molar-refractivity contribution is 6.05. The molecule has 0 spiro atoms. The first-order valence-corrected chi connectivity index (χ1v) is 10.7. The fourth-order valence-corrected chi connectivity index (χ4v) is 3.74. The lowest BCUT2D eigenvalue weighted by Gasteiger charge is -2.18. The van der Waals surface area contributed by atoms with Crippen molar-refractivity contribution in [2.24, 2.45) is 0 Å². The normalized spacial score (nSPS) is 16.3. The van der Waals surface area contributed by atoms with Gasteiger partial charge in [0, 0.05) is 6.54 Å². The molecule has 4 amide bonds. The van der Waals surface area contributed by atoms with Crippen LogP contribution in [0.4, 0.5) is 4.79 Å². The number of benzene rings is 2. The molecule has 9 nitrogen and oxygen atoms in total. The second-order valence-corrected chi connectivity index (χ2v) is 7.77. The number of carbonyl (C=O) groups is 3. The number of hydrogen-bond acceptors (Lipinski definition) is 6. The number of nitrogens with zero attached hydrogens (tertiary/aromatic N) is 1. The Balaban J connectivity index is 1.53. The largest absolute Gasteiger partial charge is 0.493 e. The molecular formula is C24H29N3O6. The van der Waals surface area contributed by atoms with Crippen molar-refractivity contribution >= 4 is 17.8 Å². The van der Waals surface area contributed by atoms with Crippen LogP contribution in [0.2, 0.25) is 0 Å². The Hall–Kier alpha value is -3.59. The van der Waals surface area contributed by atoms with Gasteiger partial charge in [0.2, 0.25) is 5.91 Å². The summed E-state index contributed by atoms with van der Waals surface area (Å²) in [5, 5.41) is 14.9. The van der Waals surface area contributed by atoms with E-state index in [1.165, 1.54) is 7.11 Å². The lowest BCUT2D eigenvalue weighted by atomic mass is 10.1. The Morgan fingerprint density at radius 3 is 2.48 bits per heavy atom. The van der Waals surface area contributed by atoms with Gasteiger partial charge >= 0.3 is 6.03 Å². The zero-order valence-corrected chi connectivity index (χ0v) is 18.7. The molecule has 2 unspecified atom stereocenters. The SMILES string of the molecule is COc1ccc(CCN2C(=O)NC(CC(=O)NC(CO)Cc3ccccc3)C2=O)cc1OC. The Kier molecular flexibility index (Phi) is 8.26. The molecule has 1 heterocycles. The van der Waals surface area contributed by atoms with E-state index in [1.54, 1.807) is 19.2 Å². The summed E-state index contributed by atoms with van der Waals surface area (Å²) in [6.45, 7) is -0.0609. The molecule has 1 aliphatic heterocycles. The summed E-state index contributed by atoms with van der Waals surface area (Å²) in [6.07, 6.45) is 0.705. The van der Waals surface area contributed by atoms with E-state index < -0.39 is 29.9 Å². The Morgan fingerprint density at radius 2 is 1.82 bits per heavy atom. The lowest BCUT2D eigenvalue weighted by molar-refractivity contribution is -0.131. The molecule has 2 aromatic rings. The number of imide groups is 1. The average molecular weight is 456 g/mol. The second kappa shape index (κ2) is 11.3. The van der Waals surface area contributed by atoms with Crippen molar-refractivity contribution in [3.8, 4) is 11.5 Å². The highest BCUT2D eigenvalue weighted by Gasteiger charge is 2.38. The minimum atomic E-state index is -0.932. The molecule has 0 bridgehead atoms. The van der Waals surface area contributed by atoms with Crippen molar-refractivity contribution in [2.45, 2.75) is 31.3 Å². The predicted octanol–water partition coefficient (Wildman–Crippen LogP) is 1.28. The third-order valence-electron chi connectivity index (χ3n) is 5.48. The van der Waals surface area contributed by atoms with Crippen molar-refractivity contribution in [3.05, 3.63) is 59.7 Å². The molecule has 1 saturated heterocycles. The standard InChI is InChI=1S/C24H29N3O6/c1-32-20-9-8-17(13-21(20)33-2)10-11-27-23(30)19(26-24(27)31)14-22(29)25-18(15-28)12-16-6-4-3-5-7-16/h3-9,13,18-19,28H,10-12,14-15H2,1-2H3,(H,25,29)(H,26,31). The lowest BCUT2D eigenvalue weighted by Crippen LogP contribution is -2.43. The van der Waals surface area contributed by atoms with Gasteiger partial charge in [0.15, 0.2) is 11.5 Å². The highest BCUT2D eigenvalue weighted by Crippen LogP contribution is 2.27. The van der Waals surface area contributed by atoms with Crippen LogP contribution < -0.4 is 20.1 Å². The van der Waals surface area contributed by atoms with Crippen molar-refractivity contribution in [1.29, 1.82) is 0 Å². The number of aliphatic hydroxyl groups is 1. The van der Waals surface area contributed by atoms with Gasteiger partial charge in [-0.2, -0.15) is 0 Å². The van der Waals surface area contributed by atoms with Gasteiger partial charge in [-0.05, 0) is 36.1 Å². The van der Waals surface area contributed by atoms with Gasteiger partial charge in [-0.15, -0.1) is 0 Å². The van der Waals surface area contributed by atoms with Crippen LogP contribution in [0.3, 0.4) is 0 Å². The molecule has 1 fully saturated rings. The van der Waals surface area contributed by atoms with E-state index in [0.29, 0.717) is 24.3 Å². The molecule has 0 saturated carbocycles. The van der Waals surface area contributed by atoms with Crippen molar-refractivity contribution in [1.82, 2.24) is 15.5 Å². The van der Waals surface area contributed by atoms with Gasteiger partial charge in [0.05, 0.1) is 33.3 Å². The molecule has 1 aliphatic rings. The number of nitrogens with one attached hydrogen (secondary N) is 2. The monoisotopic (exact) mass is 455 g/mol. The minimum Gasteiger partial charge on any atom is -0.493 e. The molecule has 0 aromatic heterocycles. The first-order chi connectivity index (χ1) is 15.9. The van der Waals surface area contributed by atoms with E-state index in [9.17, 15) is 19.5 Å². The first-order valence-electron chi connectivity index (χ1n) is 10.7. The second-order valence-electron chi connectivity index (χ2n) is 7.77. The Morgan fingerprint density at radius 1 is 1.09 bits per heavy atom. The summed E-state index contributed by atoms with van der Waals surface area (Å²) in [5.74, 6) is 0.302. The van der Waals surface area contributed by atoms with Crippen LogP contribution in [0.25, 0.3) is 0 Å². The molecule has 9 heteroatoms. The third kappa shape index (κ3) is 6.23. The zero-order valence-electron chi connectivity index (χ0n) is 18.7. The van der Waals surface area contributed by atoms with Crippen LogP contribution >= 0.6 is 0 Å². The van der Waals surface area contributed by atoms with Gasteiger partial charge < -0.3 is 25.2 Å². The molecular weight excluding hydrogens is 426 g/mol. The molecule has 176 valence electrons. The zero-order chi connectivity index (χ0) is 23.8. The average Bonchev–Trinajstić information content (AvgIpc) is 3.09. The summed E-state index contributed by atoms with van der Waals surface area (Å²) in [5.41, 5.74) is 1.85. The van der Waals surface area contributed by atoms with E-state index >= 15 is 0 Å². The van der Waals surface area contributed by atoms with E-state index in [2.05, 4.69) is 10.6 Å². The van der Waals surface area contributed by atoms with E-state index in [0.717, 1.165) is 16.0 Å². The molecule has 0 radical (unpaired) electrons. The van der Waals surface area contributed by atoms with Gasteiger partial charge in [-0.1, -0.05) is 36.4 Å². The van der Waals surface area contributed by atoms with Crippen LogP contribution in [0, 0.1) is 0 Å². The maximum Gasteiger partial charge on any atom is 0.324 e. The summed E-state index contributed by atoms with van der Waals surface area (Å²) < 4.78 is 10.5. The fraction of sp³-hybridized carbons (Fsp3) is 0.375. The van der Waals surface area contributed by atoms with Gasteiger partial charge in [0.25, 0.3) is 5.91 Å². The van der Waals surface area contributed by atoms with Crippen LogP contribution in [0.1, 0.15) is 17.5 Å². The molecule has 33 heavy (non-hydrogen) atoms. The number of amides is 4. The number of carbonyl (C=O) groups excluding carboxylic acids is 3. The Labute approximate surface area is 192 Å². The fourth-order valence-electron chi connectivity index (χ4n) is 3.74. The van der Waals surface area contributed by atoms with Gasteiger partial charge in [-0.25, -0.2) is 4.79 Å². The number of ether oxygens (including phenoxy) is 2. The molecule has 3 rings (SSSR count). The minimum absolute atomic E-state index is 0.172. The number of methoxy groups -OCH3 is 2. The van der Waals surface area contributed by atoms with Gasteiger partial charge in [0.1, 0.15) is 6.04 Å². The topological polar surface area (TPSA) is 117 Å². The predicted molar refractivity (Wildman–Crippen MR) is 121 cm³/mol. The first kappa shape index (κ1) is 24.1. The van der Waals surface area contributed by atoms with E-state index in [1.807, 2.05) is 36.4 Å². The molecule has 0 aliphatic carbocycles. The van der Waals surface area contributed by atoms with Crippen LogP contribution in [0.15, 0.2) is 48.5 Å². The van der Waals surface area contributed by atoms with Gasteiger partial charge in [-0.3, -0.25) is 14.5 Å². The van der Waals surface area contributed by atoms with Crippen molar-refractivity contribution in [2.75, 3.05) is 27.4 Å².